The van der Waals surface area contributed by atoms with Crippen LogP contribution in [0.3, 0.4) is 0 Å². The Kier molecular flexibility index (Phi) is 5.23. The van der Waals surface area contributed by atoms with Crippen LogP contribution in [0.4, 0.5) is 0 Å². The van der Waals surface area contributed by atoms with Gasteiger partial charge >= 0.3 is 5.97 Å². The van der Waals surface area contributed by atoms with Crippen LogP contribution in [0.5, 0.6) is 0 Å². The number of aromatic carboxylic acids is 1. The van der Waals surface area contributed by atoms with E-state index < -0.39 is 16.0 Å². The van der Waals surface area contributed by atoms with Gasteiger partial charge in [-0.3, -0.25) is 0 Å². The second kappa shape index (κ2) is 6.78. The highest BCUT2D eigenvalue weighted by atomic mass is 35.5. The Hall–Kier alpha value is -1.41. The lowest BCUT2D eigenvalue weighted by molar-refractivity contribution is 0.0349. The van der Waals surface area contributed by atoms with Gasteiger partial charge < -0.3 is 9.84 Å². The zero-order chi connectivity index (χ0) is 16.3. The molecule has 0 aromatic heterocycles. The van der Waals surface area contributed by atoms with Gasteiger partial charge in [0.15, 0.2) is 0 Å². The molecular formula is C14H16ClNO5S. The van der Waals surface area contributed by atoms with Crippen LogP contribution in [-0.2, 0) is 14.8 Å². The zero-order valence-corrected chi connectivity index (χ0v) is 13.2. The van der Waals surface area contributed by atoms with Gasteiger partial charge in [-0.15, -0.1) is 6.58 Å². The van der Waals surface area contributed by atoms with Gasteiger partial charge in [-0.25, -0.2) is 17.9 Å². The highest BCUT2D eigenvalue weighted by Crippen LogP contribution is 2.22. The summed E-state index contributed by atoms with van der Waals surface area (Å²) >= 11 is 5.81. The van der Waals surface area contributed by atoms with Crippen LogP contribution in [-0.4, -0.2) is 38.2 Å². The molecule has 2 N–H and O–H groups in total. The van der Waals surface area contributed by atoms with Crippen molar-refractivity contribution in [3.63, 3.8) is 0 Å². The number of ether oxygens (including phenoxy) is 1. The van der Waals surface area contributed by atoms with Gasteiger partial charge in [0.1, 0.15) is 0 Å². The van der Waals surface area contributed by atoms with E-state index in [1.165, 1.54) is 12.1 Å². The maximum Gasteiger partial charge on any atom is 0.337 e. The lowest BCUT2D eigenvalue weighted by atomic mass is 10.0. The molecule has 0 saturated carbocycles. The van der Waals surface area contributed by atoms with Gasteiger partial charge in [-0.2, -0.15) is 0 Å². The van der Waals surface area contributed by atoms with E-state index in [-0.39, 0.29) is 27.6 Å². The summed E-state index contributed by atoms with van der Waals surface area (Å²) in [5.41, 5.74) is -0.140. The molecule has 1 aromatic carbocycles. The third kappa shape index (κ3) is 3.86. The number of halogens is 1. The lowest BCUT2D eigenvalue weighted by Crippen LogP contribution is -2.41. The van der Waals surface area contributed by atoms with Crippen LogP contribution in [0.15, 0.2) is 35.7 Å². The number of nitrogens with one attached hydrogen (secondary N) is 1. The quantitative estimate of drug-likeness (QED) is 0.797. The summed E-state index contributed by atoms with van der Waals surface area (Å²) in [6, 6.07) is 3.27. The molecule has 1 aromatic rings. The number of hydrogen-bond acceptors (Lipinski definition) is 4. The minimum atomic E-state index is -3.77. The SMILES string of the molecule is C=C[C@H]1C[C@H](NS(=O)(=O)c2ccc(C(=O)O)c(Cl)c2)CCO1. The second-order valence-corrected chi connectivity index (χ2v) is 7.06. The van der Waals surface area contributed by atoms with E-state index in [9.17, 15) is 13.2 Å². The summed E-state index contributed by atoms with van der Waals surface area (Å²) in [5, 5.41) is 8.78. The molecule has 0 unspecified atom stereocenters. The number of sulfonamides is 1. The Morgan fingerprint density at radius 1 is 1.50 bits per heavy atom. The van der Waals surface area contributed by atoms with Gasteiger partial charge in [0, 0.05) is 12.6 Å². The lowest BCUT2D eigenvalue weighted by Gasteiger charge is -2.28. The van der Waals surface area contributed by atoms with E-state index in [1.807, 2.05) is 0 Å². The number of carboxylic acid groups (broad SMARTS) is 1. The molecule has 1 aliphatic heterocycles. The number of benzene rings is 1. The smallest absolute Gasteiger partial charge is 0.337 e. The van der Waals surface area contributed by atoms with Crippen molar-refractivity contribution in [3.05, 3.63) is 41.4 Å². The molecule has 0 bridgehead atoms. The molecule has 8 heteroatoms. The van der Waals surface area contributed by atoms with Crippen LogP contribution in [0, 0.1) is 0 Å². The first-order valence-corrected chi connectivity index (χ1v) is 8.49. The third-order valence-electron chi connectivity index (χ3n) is 3.38. The summed E-state index contributed by atoms with van der Waals surface area (Å²) in [6.07, 6.45) is 2.52. The largest absolute Gasteiger partial charge is 0.478 e. The molecule has 0 radical (unpaired) electrons. The van der Waals surface area contributed by atoms with Crippen LogP contribution in [0.2, 0.25) is 5.02 Å². The van der Waals surface area contributed by atoms with E-state index in [1.54, 1.807) is 6.08 Å². The maximum atomic E-state index is 12.3. The van der Waals surface area contributed by atoms with Crippen LogP contribution < -0.4 is 4.72 Å². The Labute approximate surface area is 133 Å². The molecule has 0 amide bonds. The fourth-order valence-electron chi connectivity index (χ4n) is 2.22. The van der Waals surface area contributed by atoms with E-state index in [2.05, 4.69) is 11.3 Å². The second-order valence-electron chi connectivity index (χ2n) is 4.93. The predicted octanol–water partition coefficient (Wildman–Crippen LogP) is 2.05. The Bertz CT molecular complexity index is 688. The van der Waals surface area contributed by atoms with Crippen LogP contribution >= 0.6 is 11.6 Å². The topological polar surface area (TPSA) is 92.7 Å². The van der Waals surface area contributed by atoms with Crippen molar-refractivity contribution in [3.8, 4) is 0 Å². The molecule has 22 heavy (non-hydrogen) atoms. The normalized spacial score (nSPS) is 22.2. The zero-order valence-electron chi connectivity index (χ0n) is 11.7. The standard InChI is InChI=1S/C14H16ClNO5S/c1-2-10-7-9(5-6-21-10)16-22(19,20)11-3-4-12(14(17)18)13(15)8-11/h2-4,8-10,16H,1,5-7H2,(H,17,18)/t9-,10+/m1/s1. The molecular weight excluding hydrogens is 330 g/mol. The average molecular weight is 346 g/mol. The highest BCUT2D eigenvalue weighted by Gasteiger charge is 2.26. The number of carboxylic acids is 1. The molecule has 0 aliphatic carbocycles. The molecule has 1 heterocycles. The van der Waals surface area contributed by atoms with Gasteiger partial charge in [0.2, 0.25) is 10.0 Å². The number of carbonyl (C=O) groups is 1. The Balaban J connectivity index is 2.18. The third-order valence-corrected chi connectivity index (χ3v) is 5.21. The molecule has 1 saturated heterocycles. The van der Waals surface area contributed by atoms with E-state index in [0.29, 0.717) is 19.4 Å². The molecule has 1 fully saturated rings. The fourth-order valence-corrected chi connectivity index (χ4v) is 3.86. The molecule has 0 spiro atoms. The van der Waals surface area contributed by atoms with Gasteiger partial charge in [-0.1, -0.05) is 17.7 Å². The molecule has 120 valence electrons. The summed E-state index contributed by atoms with van der Waals surface area (Å²) in [7, 11) is -3.77. The molecule has 1 aliphatic rings. The Morgan fingerprint density at radius 3 is 2.82 bits per heavy atom. The summed E-state index contributed by atoms with van der Waals surface area (Å²) in [4.78, 5) is 10.8. The maximum absolute atomic E-state index is 12.3. The minimum absolute atomic E-state index is 0.0656. The fraction of sp³-hybridized carbons (Fsp3) is 0.357. The van der Waals surface area contributed by atoms with Crippen molar-refractivity contribution in [1.29, 1.82) is 0 Å². The van der Waals surface area contributed by atoms with Gasteiger partial charge in [-0.05, 0) is 31.0 Å². The van der Waals surface area contributed by atoms with Gasteiger partial charge in [0.25, 0.3) is 0 Å². The predicted molar refractivity (Wildman–Crippen MR) is 81.7 cm³/mol. The first kappa shape index (κ1) is 17.0. The molecule has 2 rings (SSSR count). The minimum Gasteiger partial charge on any atom is -0.478 e. The first-order valence-electron chi connectivity index (χ1n) is 6.63. The van der Waals surface area contributed by atoms with Gasteiger partial charge in [0.05, 0.1) is 21.6 Å². The molecule has 2 atom stereocenters. The summed E-state index contributed by atoms with van der Waals surface area (Å²) in [6.45, 7) is 4.08. The van der Waals surface area contributed by atoms with Crippen molar-refractivity contribution < 1.29 is 23.1 Å². The van der Waals surface area contributed by atoms with Crippen LogP contribution in [0.1, 0.15) is 23.2 Å². The van der Waals surface area contributed by atoms with Crippen molar-refractivity contribution in [1.82, 2.24) is 4.72 Å². The van der Waals surface area contributed by atoms with Crippen molar-refractivity contribution >= 4 is 27.6 Å². The number of hydrogen-bond donors (Lipinski definition) is 2. The van der Waals surface area contributed by atoms with Crippen LogP contribution in [0.25, 0.3) is 0 Å². The number of rotatable bonds is 5. The molecule has 6 nitrogen and oxygen atoms in total. The van der Waals surface area contributed by atoms with Crippen molar-refractivity contribution in [2.45, 2.75) is 29.9 Å². The Morgan fingerprint density at radius 2 is 2.23 bits per heavy atom. The summed E-state index contributed by atoms with van der Waals surface area (Å²) in [5.74, 6) is -1.21. The monoisotopic (exact) mass is 345 g/mol. The van der Waals surface area contributed by atoms with Crippen molar-refractivity contribution in [2.24, 2.45) is 0 Å². The first-order chi connectivity index (χ1) is 10.3. The van der Waals surface area contributed by atoms with E-state index >= 15 is 0 Å². The summed E-state index contributed by atoms with van der Waals surface area (Å²) < 4.78 is 32.7. The van der Waals surface area contributed by atoms with Crippen molar-refractivity contribution in [2.75, 3.05) is 6.61 Å². The highest BCUT2D eigenvalue weighted by molar-refractivity contribution is 7.89. The van der Waals surface area contributed by atoms with E-state index in [4.69, 9.17) is 21.4 Å². The van der Waals surface area contributed by atoms with E-state index in [0.717, 1.165) is 6.07 Å². The average Bonchev–Trinajstić information content (AvgIpc) is 2.46.